The zero-order chi connectivity index (χ0) is 21.8. The van der Waals surface area contributed by atoms with Crippen LogP contribution in [0.1, 0.15) is 37.3 Å². The highest BCUT2D eigenvalue weighted by Gasteiger charge is 2.12. The lowest BCUT2D eigenvalue weighted by atomic mass is 10.1. The Morgan fingerprint density at radius 1 is 1.10 bits per heavy atom. The number of unbranched alkanes of at least 4 members (excludes halogenated alkanes) is 2. The molecule has 31 heavy (non-hydrogen) atoms. The summed E-state index contributed by atoms with van der Waals surface area (Å²) in [4.78, 5) is 18.0. The zero-order valence-corrected chi connectivity index (χ0v) is 18.7. The molecule has 0 spiro atoms. The van der Waals surface area contributed by atoms with Crippen molar-refractivity contribution in [2.75, 3.05) is 13.7 Å². The van der Waals surface area contributed by atoms with Crippen molar-refractivity contribution < 1.29 is 9.47 Å². The van der Waals surface area contributed by atoms with Crippen molar-refractivity contribution >= 4 is 22.4 Å². The molecular weight excluding hydrogens is 410 g/mol. The van der Waals surface area contributed by atoms with Gasteiger partial charge in [-0.05, 0) is 37.1 Å². The molecule has 6 nitrogen and oxygen atoms in total. The summed E-state index contributed by atoms with van der Waals surface area (Å²) in [6.07, 6.45) is 5.13. The average molecular weight is 436 g/mol. The minimum atomic E-state index is -0.176. The van der Waals surface area contributed by atoms with E-state index in [2.05, 4.69) is 17.0 Å². The zero-order valence-electron chi connectivity index (χ0n) is 17.9. The van der Waals surface area contributed by atoms with Crippen molar-refractivity contribution in [1.82, 2.24) is 14.6 Å². The van der Waals surface area contributed by atoms with Crippen molar-refractivity contribution in [3.8, 4) is 22.9 Å². The van der Waals surface area contributed by atoms with Gasteiger partial charge in [-0.1, -0.05) is 67.0 Å². The summed E-state index contributed by atoms with van der Waals surface area (Å²) in [5, 5.41) is 4.41. The molecule has 4 aromatic rings. The number of fused-ring (bicyclic) bond motifs is 1. The number of hydrogen-bond donors (Lipinski definition) is 0. The number of benzene rings is 2. The Labute approximate surface area is 184 Å². The predicted octanol–water partition coefficient (Wildman–Crippen LogP) is 4.25. The van der Waals surface area contributed by atoms with Crippen LogP contribution in [0.3, 0.4) is 0 Å². The van der Waals surface area contributed by atoms with Crippen molar-refractivity contribution in [1.29, 1.82) is 0 Å². The smallest absolute Gasteiger partial charge is 0.291 e. The van der Waals surface area contributed by atoms with E-state index in [4.69, 9.17) is 9.47 Å². The molecular formula is C24H25N3O3S. The molecule has 0 saturated carbocycles. The standard InChI is InChI=1S/C24H25N3O3S/c1-4-5-6-13-30-19-12-9-17(14-20(19)29-3)15-21-23(28)27-24(31-21)25-22(26-27)18-10-7-16(2)8-11-18/h7-12,14-15H,4-6,13H2,1-3H3/b21-15+. The molecule has 0 N–H and O–H groups in total. The van der Waals surface area contributed by atoms with Gasteiger partial charge in [0, 0.05) is 5.56 Å². The number of aryl methyl sites for hydroxylation is 1. The van der Waals surface area contributed by atoms with E-state index in [1.54, 1.807) is 7.11 Å². The summed E-state index contributed by atoms with van der Waals surface area (Å²) < 4.78 is 13.3. The predicted molar refractivity (Wildman–Crippen MR) is 124 cm³/mol. The average Bonchev–Trinajstić information content (AvgIpc) is 3.32. The SMILES string of the molecule is CCCCCOc1ccc(/C=c2/sc3nc(-c4ccc(C)cc4)nn3c2=O)cc1OC. The van der Waals surface area contributed by atoms with Crippen LogP contribution in [0.5, 0.6) is 11.5 Å². The Morgan fingerprint density at radius 2 is 1.90 bits per heavy atom. The number of rotatable bonds is 8. The molecule has 0 aliphatic rings. The molecule has 2 heterocycles. The summed E-state index contributed by atoms with van der Waals surface area (Å²) in [6.45, 7) is 4.85. The molecule has 0 bridgehead atoms. The highest BCUT2D eigenvalue weighted by molar-refractivity contribution is 7.15. The summed E-state index contributed by atoms with van der Waals surface area (Å²) in [5.74, 6) is 1.92. The van der Waals surface area contributed by atoms with E-state index in [-0.39, 0.29) is 5.56 Å². The second-order valence-electron chi connectivity index (χ2n) is 7.38. The van der Waals surface area contributed by atoms with Crippen LogP contribution < -0.4 is 19.6 Å². The van der Waals surface area contributed by atoms with Crippen molar-refractivity contribution in [3.63, 3.8) is 0 Å². The van der Waals surface area contributed by atoms with Crippen molar-refractivity contribution in [2.24, 2.45) is 0 Å². The van der Waals surface area contributed by atoms with Gasteiger partial charge >= 0.3 is 0 Å². The Balaban J connectivity index is 1.61. The van der Waals surface area contributed by atoms with Gasteiger partial charge in [-0.25, -0.2) is 0 Å². The fourth-order valence-electron chi connectivity index (χ4n) is 3.24. The first-order chi connectivity index (χ1) is 15.1. The van der Waals surface area contributed by atoms with Crippen LogP contribution in [-0.2, 0) is 0 Å². The van der Waals surface area contributed by atoms with Gasteiger partial charge < -0.3 is 9.47 Å². The third-order valence-electron chi connectivity index (χ3n) is 4.98. The normalized spacial score (nSPS) is 11.9. The van der Waals surface area contributed by atoms with Crippen molar-refractivity contribution in [3.05, 3.63) is 68.5 Å². The van der Waals surface area contributed by atoms with Crippen LogP contribution in [0.25, 0.3) is 22.4 Å². The van der Waals surface area contributed by atoms with E-state index in [0.717, 1.165) is 30.4 Å². The third kappa shape index (κ3) is 4.61. The highest BCUT2D eigenvalue weighted by Crippen LogP contribution is 2.28. The second-order valence-corrected chi connectivity index (χ2v) is 8.39. The highest BCUT2D eigenvalue weighted by atomic mass is 32.1. The second kappa shape index (κ2) is 9.31. The van der Waals surface area contributed by atoms with Gasteiger partial charge in [-0.15, -0.1) is 5.10 Å². The Morgan fingerprint density at radius 3 is 2.61 bits per heavy atom. The quantitative estimate of drug-likeness (QED) is 0.387. The van der Waals surface area contributed by atoms with Gasteiger partial charge in [0.1, 0.15) is 0 Å². The first kappa shape index (κ1) is 21.1. The van der Waals surface area contributed by atoms with Crippen molar-refractivity contribution in [2.45, 2.75) is 33.1 Å². The van der Waals surface area contributed by atoms with Gasteiger partial charge in [-0.2, -0.15) is 9.50 Å². The molecule has 0 aliphatic heterocycles. The third-order valence-corrected chi connectivity index (χ3v) is 5.94. The van der Waals surface area contributed by atoms with E-state index in [1.165, 1.54) is 21.4 Å². The van der Waals surface area contributed by atoms with Gasteiger partial charge in [-0.3, -0.25) is 4.79 Å². The Bertz CT molecular complexity index is 1290. The van der Waals surface area contributed by atoms with Crippen LogP contribution in [0.4, 0.5) is 0 Å². The maximum absolute atomic E-state index is 12.8. The molecule has 7 heteroatoms. The number of methoxy groups -OCH3 is 1. The molecule has 0 atom stereocenters. The maximum atomic E-state index is 12.8. The van der Waals surface area contributed by atoms with Crippen LogP contribution in [-0.4, -0.2) is 28.3 Å². The molecule has 0 radical (unpaired) electrons. The number of thiazole rings is 1. The van der Waals surface area contributed by atoms with Crippen LogP contribution in [0.2, 0.25) is 0 Å². The number of hydrogen-bond acceptors (Lipinski definition) is 6. The summed E-state index contributed by atoms with van der Waals surface area (Å²) >= 11 is 1.32. The minimum absolute atomic E-state index is 0.176. The molecule has 160 valence electrons. The fourth-order valence-corrected chi connectivity index (χ4v) is 4.15. The monoisotopic (exact) mass is 435 g/mol. The molecule has 0 unspecified atom stereocenters. The lowest BCUT2D eigenvalue weighted by molar-refractivity contribution is 0.286. The van der Waals surface area contributed by atoms with E-state index in [1.807, 2.05) is 55.5 Å². The lowest BCUT2D eigenvalue weighted by Gasteiger charge is -2.11. The summed E-state index contributed by atoms with van der Waals surface area (Å²) in [7, 11) is 1.62. The van der Waals surface area contributed by atoms with Crippen LogP contribution in [0.15, 0.2) is 47.3 Å². The maximum Gasteiger partial charge on any atom is 0.291 e. The molecule has 0 aliphatic carbocycles. The first-order valence-electron chi connectivity index (χ1n) is 10.4. The fraction of sp³-hybridized carbons (Fsp3) is 0.292. The van der Waals surface area contributed by atoms with E-state index >= 15 is 0 Å². The van der Waals surface area contributed by atoms with Gasteiger partial charge in [0.25, 0.3) is 5.56 Å². The molecule has 2 aromatic carbocycles. The van der Waals surface area contributed by atoms with E-state index in [0.29, 0.717) is 33.4 Å². The lowest BCUT2D eigenvalue weighted by Crippen LogP contribution is -2.23. The first-order valence-corrected chi connectivity index (χ1v) is 11.2. The Hall–Kier alpha value is -3.19. The van der Waals surface area contributed by atoms with Gasteiger partial charge in [0.15, 0.2) is 17.3 Å². The van der Waals surface area contributed by atoms with Crippen LogP contribution >= 0.6 is 11.3 Å². The topological polar surface area (TPSA) is 65.7 Å². The largest absolute Gasteiger partial charge is 0.493 e. The molecule has 0 fully saturated rings. The molecule has 2 aromatic heterocycles. The summed E-state index contributed by atoms with van der Waals surface area (Å²) in [6, 6.07) is 13.6. The molecule has 0 amide bonds. The number of nitrogens with zero attached hydrogens (tertiary/aromatic N) is 3. The van der Waals surface area contributed by atoms with Gasteiger partial charge in [0.05, 0.1) is 18.2 Å². The van der Waals surface area contributed by atoms with E-state index < -0.39 is 0 Å². The number of ether oxygens (including phenoxy) is 2. The van der Waals surface area contributed by atoms with Gasteiger partial charge in [0.2, 0.25) is 4.96 Å². The molecule has 0 saturated heterocycles. The van der Waals surface area contributed by atoms with E-state index in [9.17, 15) is 4.79 Å². The molecule has 4 rings (SSSR count). The Kier molecular flexibility index (Phi) is 6.32. The van der Waals surface area contributed by atoms with Crippen LogP contribution in [0, 0.1) is 6.92 Å². The summed E-state index contributed by atoms with van der Waals surface area (Å²) in [5.41, 5.74) is 2.74. The number of aromatic nitrogens is 3. The minimum Gasteiger partial charge on any atom is -0.493 e.